The highest BCUT2D eigenvalue weighted by atomic mass is 35.5. The molecule has 0 saturated heterocycles. The van der Waals surface area contributed by atoms with Gasteiger partial charge in [0.1, 0.15) is 0 Å². The molecule has 35 heavy (non-hydrogen) atoms. The molecule has 3 aromatic rings. The predicted molar refractivity (Wildman–Crippen MR) is 134 cm³/mol. The molecule has 9 heteroatoms. The monoisotopic (exact) mass is 510 g/mol. The highest BCUT2D eigenvalue weighted by molar-refractivity contribution is 7.07. The normalized spacial score (nSPS) is 16.8. The Morgan fingerprint density at radius 2 is 1.97 bits per heavy atom. The average molecular weight is 511 g/mol. The maximum Gasteiger partial charge on any atom is 0.338 e. The third-order valence-electron chi connectivity index (χ3n) is 5.77. The van der Waals surface area contributed by atoms with Crippen molar-refractivity contribution < 1.29 is 19.0 Å². The Bertz CT molecular complexity index is 1500. The summed E-state index contributed by atoms with van der Waals surface area (Å²) in [5.41, 5.74) is 2.34. The minimum atomic E-state index is -0.700. The van der Waals surface area contributed by atoms with E-state index < -0.39 is 12.0 Å². The van der Waals surface area contributed by atoms with Crippen molar-refractivity contribution in [2.24, 2.45) is 4.99 Å². The first-order valence-electron chi connectivity index (χ1n) is 11.4. The second-order valence-electron chi connectivity index (χ2n) is 8.08. The summed E-state index contributed by atoms with van der Waals surface area (Å²) in [6.45, 7) is 4.13. The lowest BCUT2D eigenvalue weighted by atomic mass is 9.94. The maximum absolute atomic E-state index is 13.7. The number of hydrogen-bond donors (Lipinski definition) is 0. The number of carbonyl (C=O) groups is 1. The van der Waals surface area contributed by atoms with E-state index in [1.807, 2.05) is 37.3 Å². The van der Waals surface area contributed by atoms with Crippen LogP contribution in [0, 0.1) is 0 Å². The Kier molecular flexibility index (Phi) is 6.49. The zero-order valence-electron chi connectivity index (χ0n) is 19.2. The van der Waals surface area contributed by atoms with Crippen molar-refractivity contribution in [2.75, 3.05) is 13.4 Å². The number of esters is 1. The van der Waals surface area contributed by atoms with E-state index >= 15 is 0 Å². The number of nitrogens with zero attached hydrogens (tertiary/aromatic N) is 2. The smallest absolute Gasteiger partial charge is 0.338 e. The Hall–Kier alpha value is -3.36. The summed E-state index contributed by atoms with van der Waals surface area (Å²) in [5, 5.41) is 0.620. The number of allylic oxidation sites excluding steroid dienone is 1. The SMILES string of the molecule is CCCC1=C(C(=O)OCC)C(c2ccc3c(c2)OCO3)n2c(s/c(=C\c3ccc(Cl)cc3)c2=O)=N1. The first kappa shape index (κ1) is 23.4. The van der Waals surface area contributed by atoms with Crippen LogP contribution in [0.3, 0.4) is 0 Å². The standard InChI is InChI=1S/C26H23ClN2O5S/c1-3-5-18-22(25(31)32-4-2)23(16-8-11-19-20(13-16)34-14-33-19)29-24(30)21(35-26(29)28-18)12-15-6-9-17(27)10-7-15/h6-13,23H,3-5,14H2,1-2H3/b21-12-. The molecule has 2 aromatic carbocycles. The molecule has 180 valence electrons. The molecule has 1 unspecified atom stereocenters. The van der Waals surface area contributed by atoms with Gasteiger partial charge in [0.25, 0.3) is 5.56 Å². The topological polar surface area (TPSA) is 79.1 Å². The van der Waals surface area contributed by atoms with Crippen LogP contribution in [0.15, 0.2) is 63.5 Å². The van der Waals surface area contributed by atoms with Gasteiger partial charge in [-0.3, -0.25) is 9.36 Å². The molecule has 2 aliphatic rings. The predicted octanol–water partition coefficient (Wildman–Crippen LogP) is 3.96. The van der Waals surface area contributed by atoms with E-state index in [1.165, 1.54) is 11.3 Å². The van der Waals surface area contributed by atoms with Crippen molar-refractivity contribution >= 4 is 35.0 Å². The summed E-state index contributed by atoms with van der Waals surface area (Å²) in [6, 6.07) is 12.0. The van der Waals surface area contributed by atoms with Crippen molar-refractivity contribution in [2.45, 2.75) is 32.7 Å². The quantitative estimate of drug-likeness (QED) is 0.469. The second-order valence-corrected chi connectivity index (χ2v) is 9.52. The molecular weight excluding hydrogens is 488 g/mol. The molecule has 5 rings (SSSR count). The zero-order chi connectivity index (χ0) is 24.5. The Morgan fingerprint density at radius 1 is 1.20 bits per heavy atom. The molecule has 0 spiro atoms. The lowest BCUT2D eigenvalue weighted by molar-refractivity contribution is -0.139. The summed E-state index contributed by atoms with van der Waals surface area (Å²) >= 11 is 7.31. The van der Waals surface area contributed by atoms with Crippen LogP contribution in [0.1, 0.15) is 43.9 Å². The lowest BCUT2D eigenvalue weighted by Gasteiger charge is -2.25. The van der Waals surface area contributed by atoms with Gasteiger partial charge in [-0.15, -0.1) is 0 Å². The van der Waals surface area contributed by atoms with Gasteiger partial charge in [0.2, 0.25) is 6.79 Å². The number of aromatic nitrogens is 1. The van der Waals surface area contributed by atoms with Crippen molar-refractivity contribution in [3.63, 3.8) is 0 Å². The van der Waals surface area contributed by atoms with Gasteiger partial charge in [-0.25, -0.2) is 9.79 Å². The number of ether oxygens (including phenoxy) is 3. The molecule has 0 fully saturated rings. The van der Waals surface area contributed by atoms with Gasteiger partial charge in [0.15, 0.2) is 16.3 Å². The summed E-state index contributed by atoms with van der Waals surface area (Å²) < 4.78 is 18.6. The van der Waals surface area contributed by atoms with E-state index in [0.29, 0.717) is 43.5 Å². The van der Waals surface area contributed by atoms with Gasteiger partial charge in [0.05, 0.1) is 28.5 Å². The number of benzene rings is 2. The van der Waals surface area contributed by atoms with Crippen molar-refractivity contribution in [3.8, 4) is 11.5 Å². The van der Waals surface area contributed by atoms with Crippen LogP contribution < -0.4 is 24.4 Å². The first-order chi connectivity index (χ1) is 17.0. The minimum absolute atomic E-state index is 0.129. The summed E-state index contributed by atoms with van der Waals surface area (Å²) in [7, 11) is 0. The van der Waals surface area contributed by atoms with Gasteiger partial charge < -0.3 is 14.2 Å². The van der Waals surface area contributed by atoms with Crippen molar-refractivity contribution in [3.05, 3.63) is 89.6 Å². The van der Waals surface area contributed by atoms with Crippen LogP contribution >= 0.6 is 22.9 Å². The Labute approximate surface area is 210 Å². The molecule has 0 amide bonds. The molecule has 7 nitrogen and oxygen atoms in total. The maximum atomic E-state index is 13.7. The third kappa shape index (κ3) is 4.39. The van der Waals surface area contributed by atoms with Gasteiger partial charge in [0, 0.05) is 5.02 Å². The highest BCUT2D eigenvalue weighted by Crippen LogP contribution is 2.38. The van der Waals surface area contributed by atoms with Crippen LogP contribution in [0.5, 0.6) is 11.5 Å². The molecular formula is C26H23ClN2O5S. The number of halogens is 1. The largest absolute Gasteiger partial charge is 0.463 e. The Balaban J connectivity index is 1.75. The molecule has 1 aromatic heterocycles. The number of hydrogen-bond acceptors (Lipinski definition) is 7. The molecule has 0 bridgehead atoms. The molecule has 0 saturated carbocycles. The number of fused-ring (bicyclic) bond motifs is 2. The van der Waals surface area contributed by atoms with Crippen molar-refractivity contribution in [1.29, 1.82) is 0 Å². The van der Waals surface area contributed by atoms with Crippen LogP contribution in [-0.2, 0) is 9.53 Å². The average Bonchev–Trinajstić information content (AvgIpc) is 3.44. The number of carbonyl (C=O) groups excluding carboxylic acids is 1. The van der Waals surface area contributed by atoms with Crippen LogP contribution in [-0.4, -0.2) is 23.9 Å². The van der Waals surface area contributed by atoms with E-state index in [0.717, 1.165) is 17.5 Å². The fourth-order valence-corrected chi connectivity index (χ4v) is 5.38. The van der Waals surface area contributed by atoms with Crippen LogP contribution in [0.4, 0.5) is 0 Å². The molecule has 0 aliphatic carbocycles. The second kappa shape index (κ2) is 9.71. The molecule has 3 heterocycles. The van der Waals surface area contributed by atoms with Crippen molar-refractivity contribution in [1.82, 2.24) is 4.57 Å². The van der Waals surface area contributed by atoms with Crippen LogP contribution in [0.2, 0.25) is 5.02 Å². The third-order valence-corrected chi connectivity index (χ3v) is 7.01. The molecule has 1 atom stereocenters. The summed E-state index contributed by atoms with van der Waals surface area (Å²) in [4.78, 5) is 32.2. The van der Waals surface area contributed by atoms with Gasteiger partial charge in [-0.05, 0) is 54.8 Å². The lowest BCUT2D eigenvalue weighted by Crippen LogP contribution is -2.40. The minimum Gasteiger partial charge on any atom is -0.463 e. The fourth-order valence-electron chi connectivity index (χ4n) is 4.23. The van der Waals surface area contributed by atoms with E-state index in [9.17, 15) is 9.59 Å². The molecule has 0 radical (unpaired) electrons. The zero-order valence-corrected chi connectivity index (χ0v) is 20.8. The summed E-state index contributed by atoms with van der Waals surface area (Å²) in [5.74, 6) is 0.719. The van der Waals surface area contributed by atoms with Crippen LogP contribution in [0.25, 0.3) is 6.08 Å². The Morgan fingerprint density at radius 3 is 2.71 bits per heavy atom. The van der Waals surface area contributed by atoms with E-state index in [2.05, 4.69) is 0 Å². The first-order valence-corrected chi connectivity index (χ1v) is 12.6. The van der Waals surface area contributed by atoms with Gasteiger partial charge in [-0.2, -0.15) is 0 Å². The number of thiazole rings is 1. The van der Waals surface area contributed by atoms with E-state index in [4.69, 9.17) is 30.8 Å². The highest BCUT2D eigenvalue weighted by Gasteiger charge is 2.35. The van der Waals surface area contributed by atoms with Gasteiger partial charge >= 0.3 is 5.97 Å². The summed E-state index contributed by atoms with van der Waals surface area (Å²) in [6.07, 6.45) is 3.18. The fraction of sp³-hybridized carbons (Fsp3) is 0.269. The van der Waals surface area contributed by atoms with Gasteiger partial charge in [-0.1, -0.05) is 54.5 Å². The molecule has 0 N–H and O–H groups in total. The number of rotatable bonds is 6. The molecule has 2 aliphatic heterocycles. The van der Waals surface area contributed by atoms with E-state index in [1.54, 1.807) is 29.7 Å². The van der Waals surface area contributed by atoms with E-state index in [-0.39, 0.29) is 19.0 Å².